The van der Waals surface area contributed by atoms with Crippen molar-refractivity contribution in [1.29, 1.82) is 0 Å². The van der Waals surface area contributed by atoms with Gasteiger partial charge in [0.1, 0.15) is 12.1 Å². The third-order valence-corrected chi connectivity index (χ3v) is 3.81. The molecule has 2 rings (SSSR count). The molecule has 1 aliphatic heterocycles. The van der Waals surface area contributed by atoms with Gasteiger partial charge in [0.25, 0.3) is 0 Å². The summed E-state index contributed by atoms with van der Waals surface area (Å²) in [5.74, 6) is 1.66. The summed E-state index contributed by atoms with van der Waals surface area (Å²) in [4.78, 5) is 13.8. The second kappa shape index (κ2) is 7.43. The van der Waals surface area contributed by atoms with E-state index in [-0.39, 0.29) is 12.1 Å². The standard InChI is InChI=1S/C16H24BN3O2/c1-10(2)14-16(22-5)19-12(15(20-14)21-4)8-11-6-7-13(17-3)18-9-11/h6-7,9-10,12,14,17H,8H2,1-5H3/t12-,14+/m0/s1. The summed E-state index contributed by atoms with van der Waals surface area (Å²) in [5, 5.41) is 0. The van der Waals surface area contributed by atoms with Crippen LogP contribution < -0.4 is 5.59 Å². The Hall–Kier alpha value is -1.85. The molecule has 0 amide bonds. The Morgan fingerprint density at radius 3 is 2.36 bits per heavy atom. The monoisotopic (exact) mass is 301 g/mol. The van der Waals surface area contributed by atoms with E-state index in [9.17, 15) is 0 Å². The zero-order valence-electron chi connectivity index (χ0n) is 14.0. The summed E-state index contributed by atoms with van der Waals surface area (Å²) in [5.41, 5.74) is 2.21. The van der Waals surface area contributed by atoms with Gasteiger partial charge in [-0.1, -0.05) is 32.8 Å². The van der Waals surface area contributed by atoms with Crippen LogP contribution in [0.1, 0.15) is 19.4 Å². The van der Waals surface area contributed by atoms with Gasteiger partial charge in [-0.15, -0.1) is 0 Å². The van der Waals surface area contributed by atoms with Gasteiger partial charge in [0.05, 0.1) is 14.2 Å². The van der Waals surface area contributed by atoms with Crippen molar-refractivity contribution in [2.24, 2.45) is 15.9 Å². The van der Waals surface area contributed by atoms with Crippen molar-refractivity contribution in [3.8, 4) is 0 Å². The predicted molar refractivity (Wildman–Crippen MR) is 91.9 cm³/mol. The highest BCUT2D eigenvalue weighted by atomic mass is 16.5. The molecule has 0 saturated carbocycles. The van der Waals surface area contributed by atoms with Gasteiger partial charge >= 0.3 is 0 Å². The highest BCUT2D eigenvalue weighted by Crippen LogP contribution is 2.19. The quantitative estimate of drug-likeness (QED) is 0.786. The third-order valence-electron chi connectivity index (χ3n) is 3.81. The fraction of sp³-hybridized carbons (Fsp3) is 0.562. The van der Waals surface area contributed by atoms with E-state index in [0.717, 1.165) is 18.4 Å². The van der Waals surface area contributed by atoms with Gasteiger partial charge in [-0.2, -0.15) is 0 Å². The first-order valence-electron chi connectivity index (χ1n) is 7.76. The molecule has 0 spiro atoms. The molecular weight excluding hydrogens is 277 g/mol. The van der Waals surface area contributed by atoms with E-state index in [0.29, 0.717) is 24.1 Å². The largest absolute Gasteiger partial charge is 0.483 e. The molecule has 0 N–H and O–H groups in total. The first-order chi connectivity index (χ1) is 10.6. The van der Waals surface area contributed by atoms with Gasteiger partial charge in [0, 0.05) is 12.6 Å². The Balaban J connectivity index is 2.21. The second-order valence-corrected chi connectivity index (χ2v) is 5.76. The van der Waals surface area contributed by atoms with E-state index in [1.807, 2.05) is 6.20 Å². The van der Waals surface area contributed by atoms with Crippen LogP contribution in [0.3, 0.4) is 0 Å². The molecule has 0 unspecified atom stereocenters. The smallest absolute Gasteiger partial charge is 0.209 e. The molecule has 0 radical (unpaired) electrons. The molecule has 0 saturated heterocycles. The lowest BCUT2D eigenvalue weighted by Crippen LogP contribution is -2.38. The average molecular weight is 301 g/mol. The van der Waals surface area contributed by atoms with Crippen LogP contribution in [0.2, 0.25) is 6.82 Å². The highest BCUT2D eigenvalue weighted by Gasteiger charge is 2.30. The van der Waals surface area contributed by atoms with Crippen LogP contribution >= 0.6 is 0 Å². The highest BCUT2D eigenvalue weighted by molar-refractivity contribution is 6.50. The number of rotatable bonds is 4. The van der Waals surface area contributed by atoms with Crippen LogP contribution in [0, 0.1) is 5.92 Å². The summed E-state index contributed by atoms with van der Waals surface area (Å²) in [6, 6.07) is 3.93. The minimum atomic E-state index is -0.149. The zero-order chi connectivity index (χ0) is 16.1. The van der Waals surface area contributed by atoms with Gasteiger partial charge in [-0.25, -0.2) is 9.98 Å². The number of aliphatic imine (C=N–C) groups is 2. The van der Waals surface area contributed by atoms with Crippen LogP contribution in [0.25, 0.3) is 0 Å². The number of hydrogen-bond acceptors (Lipinski definition) is 5. The molecule has 0 bridgehead atoms. The fourth-order valence-corrected chi connectivity index (χ4v) is 2.50. The minimum Gasteiger partial charge on any atom is -0.483 e. The van der Waals surface area contributed by atoms with Crippen molar-refractivity contribution in [3.05, 3.63) is 23.9 Å². The number of ether oxygens (including phenoxy) is 2. The maximum Gasteiger partial charge on any atom is 0.209 e. The van der Waals surface area contributed by atoms with Crippen LogP contribution in [0.4, 0.5) is 0 Å². The van der Waals surface area contributed by atoms with Gasteiger partial charge in [0.2, 0.25) is 11.8 Å². The molecule has 1 aromatic rings. The second-order valence-electron chi connectivity index (χ2n) is 5.76. The van der Waals surface area contributed by atoms with Crippen molar-refractivity contribution in [1.82, 2.24) is 4.98 Å². The molecular formula is C16H24BN3O2. The normalized spacial score (nSPS) is 21.2. The molecule has 5 nitrogen and oxygen atoms in total. The van der Waals surface area contributed by atoms with E-state index in [1.54, 1.807) is 14.2 Å². The number of methoxy groups -OCH3 is 2. The zero-order valence-corrected chi connectivity index (χ0v) is 14.0. The summed E-state index contributed by atoms with van der Waals surface area (Å²) in [7, 11) is 4.24. The molecule has 118 valence electrons. The van der Waals surface area contributed by atoms with Crippen molar-refractivity contribution in [2.75, 3.05) is 14.2 Å². The van der Waals surface area contributed by atoms with Gasteiger partial charge in [-0.3, -0.25) is 4.98 Å². The molecule has 0 fully saturated rings. The number of pyridine rings is 1. The lowest BCUT2D eigenvalue weighted by atomic mass is 9.77. The topological polar surface area (TPSA) is 56.1 Å². The maximum absolute atomic E-state index is 5.46. The van der Waals surface area contributed by atoms with E-state index < -0.39 is 0 Å². The van der Waals surface area contributed by atoms with Crippen molar-refractivity contribution >= 4 is 24.7 Å². The molecule has 6 heteroatoms. The Labute approximate surface area is 133 Å². The lowest BCUT2D eigenvalue weighted by Gasteiger charge is -2.27. The van der Waals surface area contributed by atoms with Gasteiger partial charge in [0.15, 0.2) is 7.28 Å². The van der Waals surface area contributed by atoms with Crippen LogP contribution in [-0.2, 0) is 15.9 Å². The third kappa shape index (κ3) is 3.67. The Kier molecular flexibility index (Phi) is 5.58. The summed E-state index contributed by atoms with van der Waals surface area (Å²) >= 11 is 0. The van der Waals surface area contributed by atoms with Crippen molar-refractivity contribution in [2.45, 2.75) is 39.2 Å². The molecule has 0 aromatic carbocycles. The van der Waals surface area contributed by atoms with E-state index in [2.05, 4.69) is 42.8 Å². The van der Waals surface area contributed by atoms with Crippen molar-refractivity contribution < 1.29 is 9.47 Å². The Morgan fingerprint density at radius 1 is 1.14 bits per heavy atom. The van der Waals surface area contributed by atoms with Crippen LogP contribution in [0.5, 0.6) is 0 Å². The summed E-state index contributed by atoms with van der Waals surface area (Å²) < 4.78 is 10.9. The van der Waals surface area contributed by atoms with E-state index >= 15 is 0 Å². The van der Waals surface area contributed by atoms with Gasteiger partial charge in [-0.05, 0) is 17.1 Å². The molecule has 2 heterocycles. The van der Waals surface area contributed by atoms with Crippen molar-refractivity contribution in [3.63, 3.8) is 0 Å². The maximum atomic E-state index is 5.46. The first kappa shape index (κ1) is 16.5. The molecule has 1 aromatic heterocycles. The van der Waals surface area contributed by atoms with Crippen LogP contribution in [-0.4, -0.2) is 50.4 Å². The Bertz CT molecular complexity index is 555. The number of hydrogen-bond donors (Lipinski definition) is 0. The fourth-order valence-electron chi connectivity index (χ4n) is 2.50. The van der Waals surface area contributed by atoms with Gasteiger partial charge < -0.3 is 9.47 Å². The lowest BCUT2D eigenvalue weighted by molar-refractivity contribution is 0.332. The molecule has 22 heavy (non-hydrogen) atoms. The SMILES string of the molecule is CBc1ccc(C[C@@H]2N=C(OC)[C@@H](C(C)C)N=C2OC)cn1. The molecule has 2 atom stereocenters. The summed E-state index contributed by atoms with van der Waals surface area (Å²) in [6.45, 7) is 6.30. The average Bonchev–Trinajstić information content (AvgIpc) is 2.54. The van der Waals surface area contributed by atoms with E-state index in [4.69, 9.17) is 14.5 Å². The number of nitrogens with zero attached hydrogens (tertiary/aromatic N) is 3. The first-order valence-corrected chi connectivity index (χ1v) is 7.76. The number of aromatic nitrogens is 1. The van der Waals surface area contributed by atoms with Crippen LogP contribution in [0.15, 0.2) is 28.3 Å². The predicted octanol–water partition coefficient (Wildman–Crippen LogP) is 1.23. The molecule has 1 aliphatic rings. The summed E-state index contributed by atoms with van der Waals surface area (Å²) in [6.07, 6.45) is 2.62. The minimum absolute atomic E-state index is 0.0724. The Morgan fingerprint density at radius 2 is 1.86 bits per heavy atom. The molecule has 0 aliphatic carbocycles. The van der Waals surface area contributed by atoms with E-state index in [1.165, 1.54) is 0 Å².